The Hall–Kier alpha value is -0.720. The van der Waals surface area contributed by atoms with Crippen molar-refractivity contribution in [1.82, 2.24) is 10.1 Å². The molecule has 1 aliphatic carbocycles. The molecule has 0 bridgehead atoms. The van der Waals surface area contributed by atoms with Gasteiger partial charge in [-0.05, 0) is 59.0 Å². The van der Waals surface area contributed by atoms with E-state index < -0.39 is 5.54 Å². The second-order valence-electron chi connectivity index (χ2n) is 5.53. The van der Waals surface area contributed by atoms with E-state index in [-0.39, 0.29) is 0 Å². The maximum atomic E-state index is 6.51. The molecule has 0 amide bonds. The molecule has 20 heavy (non-hydrogen) atoms. The predicted octanol–water partition coefficient (Wildman–Crippen LogP) is 4.31. The van der Waals surface area contributed by atoms with E-state index in [2.05, 4.69) is 33.0 Å². The highest BCUT2D eigenvalue weighted by Crippen LogP contribution is 2.39. The van der Waals surface area contributed by atoms with E-state index in [0.717, 1.165) is 41.0 Å². The van der Waals surface area contributed by atoms with Gasteiger partial charge in [-0.25, -0.2) is 0 Å². The largest absolute Gasteiger partial charge is 0.333 e. The van der Waals surface area contributed by atoms with Gasteiger partial charge in [0.1, 0.15) is 4.88 Å². The second-order valence-corrected chi connectivity index (χ2v) is 7.30. The van der Waals surface area contributed by atoms with Crippen LogP contribution in [0.1, 0.15) is 44.9 Å². The number of rotatable bonds is 3. The van der Waals surface area contributed by atoms with Crippen molar-refractivity contribution < 1.29 is 4.52 Å². The first-order chi connectivity index (χ1) is 9.62. The predicted molar refractivity (Wildman–Crippen MR) is 83.4 cm³/mol. The zero-order valence-corrected chi connectivity index (χ0v) is 13.8. The summed E-state index contributed by atoms with van der Waals surface area (Å²) < 4.78 is 6.39. The first kappa shape index (κ1) is 14.2. The molecular formula is C14H18BrN3OS. The standard InChI is InChI=1S/C14H18BrN3OS/c1-2-9-3-6-14(16,7-4-9)13-17-12(19-18-13)11-10(15)5-8-20-11/h5,8-9H,2-4,6-7,16H2,1H3. The minimum Gasteiger partial charge on any atom is -0.333 e. The van der Waals surface area contributed by atoms with Gasteiger partial charge in [0, 0.05) is 4.47 Å². The van der Waals surface area contributed by atoms with Crippen LogP contribution in [0.5, 0.6) is 0 Å². The van der Waals surface area contributed by atoms with Crippen molar-refractivity contribution in [3.63, 3.8) is 0 Å². The first-order valence-corrected chi connectivity index (χ1v) is 8.66. The summed E-state index contributed by atoms with van der Waals surface area (Å²) in [6.07, 6.45) is 5.42. The fraction of sp³-hybridized carbons (Fsp3) is 0.571. The minimum absolute atomic E-state index is 0.419. The normalized spacial score (nSPS) is 26.9. The van der Waals surface area contributed by atoms with Crippen LogP contribution in [-0.2, 0) is 5.54 Å². The van der Waals surface area contributed by atoms with E-state index in [1.165, 1.54) is 6.42 Å². The number of hydrogen-bond acceptors (Lipinski definition) is 5. The van der Waals surface area contributed by atoms with Crippen LogP contribution >= 0.6 is 27.3 Å². The molecule has 2 aromatic heterocycles. The highest BCUT2D eigenvalue weighted by atomic mass is 79.9. The van der Waals surface area contributed by atoms with Crippen molar-refractivity contribution in [3.05, 3.63) is 21.7 Å². The molecule has 1 aliphatic rings. The minimum atomic E-state index is -0.419. The lowest BCUT2D eigenvalue weighted by atomic mass is 9.76. The number of aromatic nitrogens is 2. The van der Waals surface area contributed by atoms with Crippen molar-refractivity contribution in [2.75, 3.05) is 0 Å². The number of nitrogens with zero attached hydrogens (tertiary/aromatic N) is 2. The fourth-order valence-electron chi connectivity index (χ4n) is 2.79. The summed E-state index contributed by atoms with van der Waals surface area (Å²) in [7, 11) is 0. The van der Waals surface area contributed by atoms with Crippen molar-refractivity contribution in [2.24, 2.45) is 11.7 Å². The molecule has 0 unspecified atom stereocenters. The van der Waals surface area contributed by atoms with E-state index in [1.54, 1.807) is 11.3 Å². The first-order valence-electron chi connectivity index (χ1n) is 6.99. The van der Waals surface area contributed by atoms with Crippen LogP contribution in [0, 0.1) is 5.92 Å². The molecule has 2 heterocycles. The van der Waals surface area contributed by atoms with Gasteiger partial charge >= 0.3 is 0 Å². The van der Waals surface area contributed by atoms with Crippen LogP contribution in [0.15, 0.2) is 20.4 Å². The Bertz CT molecular complexity index is 587. The fourth-order valence-corrected chi connectivity index (χ4v) is 4.25. The molecule has 108 valence electrons. The smallest absolute Gasteiger partial charge is 0.269 e. The van der Waals surface area contributed by atoms with Gasteiger partial charge < -0.3 is 10.3 Å². The van der Waals surface area contributed by atoms with Crippen LogP contribution in [0.25, 0.3) is 10.8 Å². The van der Waals surface area contributed by atoms with Crippen LogP contribution in [-0.4, -0.2) is 10.1 Å². The van der Waals surface area contributed by atoms with E-state index in [9.17, 15) is 0 Å². The van der Waals surface area contributed by atoms with E-state index >= 15 is 0 Å². The van der Waals surface area contributed by atoms with Crippen molar-refractivity contribution in [1.29, 1.82) is 0 Å². The monoisotopic (exact) mass is 355 g/mol. The molecule has 2 aromatic rings. The van der Waals surface area contributed by atoms with Gasteiger partial charge in [0.15, 0.2) is 5.82 Å². The lowest BCUT2D eigenvalue weighted by Gasteiger charge is -2.34. The highest BCUT2D eigenvalue weighted by molar-refractivity contribution is 9.10. The van der Waals surface area contributed by atoms with Gasteiger partial charge in [-0.2, -0.15) is 4.98 Å². The molecule has 0 aliphatic heterocycles. The lowest BCUT2D eigenvalue weighted by molar-refractivity contribution is 0.216. The molecule has 3 rings (SSSR count). The van der Waals surface area contributed by atoms with Crippen LogP contribution in [0.4, 0.5) is 0 Å². The van der Waals surface area contributed by atoms with Crippen LogP contribution in [0.3, 0.4) is 0 Å². The topological polar surface area (TPSA) is 64.9 Å². The van der Waals surface area contributed by atoms with Crippen molar-refractivity contribution in [3.8, 4) is 10.8 Å². The number of nitrogens with two attached hydrogens (primary N) is 1. The summed E-state index contributed by atoms with van der Waals surface area (Å²) in [6, 6.07) is 1.98. The van der Waals surface area contributed by atoms with Gasteiger partial charge in [-0.3, -0.25) is 0 Å². The molecule has 4 nitrogen and oxygen atoms in total. The highest BCUT2D eigenvalue weighted by Gasteiger charge is 2.37. The van der Waals surface area contributed by atoms with Crippen LogP contribution in [0.2, 0.25) is 0 Å². The molecule has 0 saturated heterocycles. The van der Waals surface area contributed by atoms with E-state index in [0.29, 0.717) is 11.7 Å². The summed E-state index contributed by atoms with van der Waals surface area (Å²) in [6.45, 7) is 2.24. The summed E-state index contributed by atoms with van der Waals surface area (Å²) in [4.78, 5) is 5.50. The molecule has 2 N–H and O–H groups in total. The molecular weight excluding hydrogens is 338 g/mol. The lowest BCUT2D eigenvalue weighted by Crippen LogP contribution is -2.41. The van der Waals surface area contributed by atoms with Gasteiger partial charge in [0.2, 0.25) is 0 Å². The Morgan fingerprint density at radius 2 is 2.25 bits per heavy atom. The Morgan fingerprint density at radius 1 is 1.50 bits per heavy atom. The number of hydrogen-bond donors (Lipinski definition) is 1. The zero-order valence-electron chi connectivity index (χ0n) is 11.4. The Morgan fingerprint density at radius 3 is 2.85 bits per heavy atom. The van der Waals surface area contributed by atoms with Gasteiger partial charge in [0.25, 0.3) is 5.89 Å². The molecule has 6 heteroatoms. The zero-order chi connectivity index (χ0) is 14.2. The number of halogens is 1. The van der Waals surface area contributed by atoms with E-state index in [4.69, 9.17) is 10.3 Å². The Labute approximate surface area is 130 Å². The summed E-state index contributed by atoms with van der Waals surface area (Å²) in [5.41, 5.74) is 6.09. The average molecular weight is 356 g/mol. The van der Waals surface area contributed by atoms with Gasteiger partial charge in [0.05, 0.1) is 5.54 Å². The molecule has 1 saturated carbocycles. The van der Waals surface area contributed by atoms with Crippen molar-refractivity contribution >= 4 is 27.3 Å². The summed E-state index contributed by atoms with van der Waals surface area (Å²) >= 11 is 5.07. The third kappa shape index (κ3) is 2.56. The average Bonchev–Trinajstić information content (AvgIpc) is 3.08. The Kier molecular flexibility index (Phi) is 3.97. The molecule has 0 aromatic carbocycles. The maximum absolute atomic E-state index is 6.51. The molecule has 0 spiro atoms. The maximum Gasteiger partial charge on any atom is 0.269 e. The van der Waals surface area contributed by atoms with Gasteiger partial charge in [-0.15, -0.1) is 11.3 Å². The number of thiophene rings is 1. The second kappa shape index (κ2) is 5.58. The van der Waals surface area contributed by atoms with Gasteiger partial charge in [-0.1, -0.05) is 18.5 Å². The molecule has 1 fully saturated rings. The summed E-state index contributed by atoms with van der Waals surface area (Å²) in [5.74, 6) is 2.01. The summed E-state index contributed by atoms with van der Waals surface area (Å²) in [5, 5.41) is 6.13. The molecule has 0 radical (unpaired) electrons. The van der Waals surface area contributed by atoms with Crippen LogP contribution < -0.4 is 5.73 Å². The quantitative estimate of drug-likeness (QED) is 0.890. The third-order valence-electron chi connectivity index (χ3n) is 4.26. The molecule has 0 atom stereocenters. The third-order valence-corrected chi connectivity index (χ3v) is 6.08. The van der Waals surface area contributed by atoms with Crippen molar-refractivity contribution in [2.45, 2.75) is 44.6 Å². The SMILES string of the molecule is CCC1CCC(N)(c2noc(-c3sccc3Br)n2)CC1. The Balaban J connectivity index is 1.82. The van der Waals surface area contributed by atoms with E-state index in [1.807, 2.05) is 11.4 Å².